The second-order valence-corrected chi connectivity index (χ2v) is 6.67. The zero-order valence-corrected chi connectivity index (χ0v) is 15.8. The van der Waals surface area contributed by atoms with Gasteiger partial charge in [0.1, 0.15) is 0 Å². The Balaban J connectivity index is 1.56. The number of esters is 1. The van der Waals surface area contributed by atoms with E-state index in [-0.39, 0.29) is 24.8 Å². The largest absolute Gasteiger partial charge is 0.465 e. The minimum Gasteiger partial charge on any atom is -0.465 e. The van der Waals surface area contributed by atoms with Crippen LogP contribution >= 0.6 is 11.6 Å². The zero-order valence-electron chi connectivity index (χ0n) is 15.1. The summed E-state index contributed by atoms with van der Waals surface area (Å²) in [7, 11) is 1.31. The van der Waals surface area contributed by atoms with E-state index in [0.29, 0.717) is 21.8 Å². The molecule has 2 amide bonds. The third-order valence-corrected chi connectivity index (χ3v) is 4.61. The number of hydrogen-bond acceptors (Lipinski definition) is 5. The van der Waals surface area contributed by atoms with Crippen LogP contribution in [0.4, 0.5) is 5.69 Å². The molecular formula is C20H18ClN3O4. The zero-order chi connectivity index (χ0) is 20.1. The SMILES string of the molecule is COC(=O)c1ccc(/C=N\NC(=O)[C@@H]2CC(=O)N(c3ccc(Cl)cc3)C2)cc1. The van der Waals surface area contributed by atoms with Crippen molar-refractivity contribution in [3.8, 4) is 0 Å². The standard InChI is InChI=1S/C20H18ClN3O4/c1-28-20(27)14-4-2-13(3-5-14)11-22-23-19(26)15-10-18(25)24(12-15)17-8-6-16(21)7-9-17/h2-9,11,15H,10,12H2,1H3,(H,23,26)/b22-11-/t15-/m1/s1. The number of hydrogen-bond donors (Lipinski definition) is 1. The quantitative estimate of drug-likeness (QED) is 0.475. The number of nitrogens with one attached hydrogen (secondary N) is 1. The van der Waals surface area contributed by atoms with Gasteiger partial charge in [-0.1, -0.05) is 23.7 Å². The highest BCUT2D eigenvalue weighted by atomic mass is 35.5. The van der Waals surface area contributed by atoms with Gasteiger partial charge in [-0.25, -0.2) is 10.2 Å². The molecule has 8 heteroatoms. The van der Waals surface area contributed by atoms with Gasteiger partial charge >= 0.3 is 5.97 Å². The fourth-order valence-electron chi connectivity index (χ4n) is 2.84. The predicted molar refractivity (Wildman–Crippen MR) is 105 cm³/mol. The van der Waals surface area contributed by atoms with Crippen molar-refractivity contribution in [2.45, 2.75) is 6.42 Å². The fourth-order valence-corrected chi connectivity index (χ4v) is 2.96. The van der Waals surface area contributed by atoms with E-state index in [1.807, 2.05) is 0 Å². The normalized spacial score (nSPS) is 16.4. The van der Waals surface area contributed by atoms with Crippen LogP contribution in [0.1, 0.15) is 22.3 Å². The minimum atomic E-state index is -0.484. The highest BCUT2D eigenvalue weighted by Crippen LogP contribution is 2.26. The second-order valence-electron chi connectivity index (χ2n) is 6.23. The Hall–Kier alpha value is -3.19. The van der Waals surface area contributed by atoms with Gasteiger partial charge in [-0.05, 0) is 42.0 Å². The lowest BCUT2D eigenvalue weighted by molar-refractivity contribution is -0.126. The van der Waals surface area contributed by atoms with E-state index >= 15 is 0 Å². The van der Waals surface area contributed by atoms with Gasteiger partial charge in [0.15, 0.2) is 0 Å². The minimum absolute atomic E-state index is 0.121. The van der Waals surface area contributed by atoms with Crippen LogP contribution in [0.15, 0.2) is 53.6 Å². The van der Waals surface area contributed by atoms with Crippen LogP contribution in [0.3, 0.4) is 0 Å². The average Bonchev–Trinajstić information content (AvgIpc) is 3.10. The Morgan fingerprint density at radius 2 is 1.86 bits per heavy atom. The molecule has 0 aromatic heterocycles. The molecular weight excluding hydrogens is 382 g/mol. The molecule has 0 radical (unpaired) electrons. The van der Waals surface area contributed by atoms with Gasteiger partial charge in [-0.3, -0.25) is 9.59 Å². The molecule has 0 bridgehead atoms. The van der Waals surface area contributed by atoms with Crippen molar-refractivity contribution in [3.63, 3.8) is 0 Å². The van der Waals surface area contributed by atoms with Crippen LogP contribution in [-0.2, 0) is 14.3 Å². The first-order valence-electron chi connectivity index (χ1n) is 8.55. The lowest BCUT2D eigenvalue weighted by atomic mass is 10.1. The van der Waals surface area contributed by atoms with Crippen molar-refractivity contribution in [2.75, 3.05) is 18.6 Å². The van der Waals surface area contributed by atoms with Crippen molar-refractivity contribution >= 4 is 41.3 Å². The third kappa shape index (κ3) is 4.55. The van der Waals surface area contributed by atoms with E-state index in [1.54, 1.807) is 53.4 Å². The Morgan fingerprint density at radius 3 is 2.50 bits per heavy atom. The lowest BCUT2D eigenvalue weighted by Crippen LogP contribution is -2.30. The molecule has 1 saturated heterocycles. The summed E-state index contributed by atoms with van der Waals surface area (Å²) in [5.41, 5.74) is 4.30. The van der Waals surface area contributed by atoms with E-state index < -0.39 is 11.9 Å². The van der Waals surface area contributed by atoms with Crippen LogP contribution in [-0.4, -0.2) is 37.7 Å². The van der Waals surface area contributed by atoms with Gasteiger partial charge in [0.2, 0.25) is 11.8 Å². The summed E-state index contributed by atoms with van der Waals surface area (Å²) < 4.78 is 4.63. The van der Waals surface area contributed by atoms with Gasteiger partial charge in [0.25, 0.3) is 0 Å². The van der Waals surface area contributed by atoms with Gasteiger partial charge in [-0.2, -0.15) is 5.10 Å². The number of nitrogens with zero attached hydrogens (tertiary/aromatic N) is 2. The molecule has 0 saturated carbocycles. The summed E-state index contributed by atoms with van der Waals surface area (Å²) in [6, 6.07) is 13.5. The molecule has 3 rings (SSSR count). The molecule has 1 aliphatic heterocycles. The maximum absolute atomic E-state index is 12.3. The number of hydrazone groups is 1. The molecule has 28 heavy (non-hydrogen) atoms. The number of carbonyl (C=O) groups is 3. The van der Waals surface area contributed by atoms with Crippen molar-refractivity contribution in [1.29, 1.82) is 0 Å². The first kappa shape index (κ1) is 19.6. The monoisotopic (exact) mass is 399 g/mol. The molecule has 0 unspecified atom stereocenters. The van der Waals surface area contributed by atoms with E-state index in [1.165, 1.54) is 13.3 Å². The van der Waals surface area contributed by atoms with Crippen LogP contribution in [0.2, 0.25) is 5.02 Å². The summed E-state index contributed by atoms with van der Waals surface area (Å²) in [5, 5.41) is 4.51. The first-order valence-corrected chi connectivity index (χ1v) is 8.93. The van der Waals surface area contributed by atoms with Crippen molar-refractivity contribution in [1.82, 2.24) is 5.43 Å². The number of ether oxygens (including phenoxy) is 1. The summed E-state index contributed by atoms with van der Waals surface area (Å²) in [5.74, 6) is -1.35. The molecule has 0 aliphatic carbocycles. The van der Waals surface area contributed by atoms with E-state index in [9.17, 15) is 14.4 Å². The number of anilines is 1. The van der Waals surface area contributed by atoms with Crippen LogP contribution in [0, 0.1) is 5.92 Å². The highest BCUT2D eigenvalue weighted by Gasteiger charge is 2.35. The summed E-state index contributed by atoms with van der Waals surface area (Å²) in [6.45, 7) is 0.287. The van der Waals surface area contributed by atoms with Gasteiger partial charge in [0, 0.05) is 23.7 Å². The van der Waals surface area contributed by atoms with Crippen LogP contribution in [0.5, 0.6) is 0 Å². The Kier molecular flexibility index (Phi) is 6.06. The number of rotatable bonds is 5. The Morgan fingerprint density at radius 1 is 1.18 bits per heavy atom. The van der Waals surface area contributed by atoms with Crippen molar-refractivity contribution in [2.24, 2.45) is 11.0 Å². The third-order valence-electron chi connectivity index (χ3n) is 4.35. The van der Waals surface area contributed by atoms with Crippen LogP contribution in [0.25, 0.3) is 0 Å². The van der Waals surface area contributed by atoms with Crippen LogP contribution < -0.4 is 10.3 Å². The fraction of sp³-hybridized carbons (Fsp3) is 0.200. The Bertz CT molecular complexity index is 910. The van der Waals surface area contributed by atoms with Crippen molar-refractivity contribution < 1.29 is 19.1 Å². The summed E-state index contributed by atoms with van der Waals surface area (Å²) in [6.07, 6.45) is 1.59. The maximum atomic E-state index is 12.3. The van der Waals surface area contributed by atoms with Gasteiger partial charge < -0.3 is 9.64 Å². The predicted octanol–water partition coefficient (Wildman–Crippen LogP) is 2.63. The van der Waals surface area contributed by atoms with E-state index in [0.717, 1.165) is 0 Å². The molecule has 2 aromatic carbocycles. The maximum Gasteiger partial charge on any atom is 0.337 e. The molecule has 144 valence electrons. The summed E-state index contributed by atoms with van der Waals surface area (Å²) >= 11 is 5.87. The number of benzene rings is 2. The molecule has 1 fully saturated rings. The molecule has 0 spiro atoms. The molecule has 1 atom stereocenters. The first-order chi connectivity index (χ1) is 13.5. The number of carbonyl (C=O) groups excluding carboxylic acids is 3. The molecule has 1 aliphatic rings. The van der Waals surface area contributed by atoms with Gasteiger partial charge in [-0.15, -0.1) is 0 Å². The Labute approximate surface area is 166 Å². The molecule has 7 nitrogen and oxygen atoms in total. The number of amides is 2. The highest BCUT2D eigenvalue weighted by molar-refractivity contribution is 6.30. The topological polar surface area (TPSA) is 88.1 Å². The molecule has 2 aromatic rings. The molecule has 1 N–H and O–H groups in total. The molecule has 1 heterocycles. The van der Waals surface area contributed by atoms with Crippen molar-refractivity contribution in [3.05, 3.63) is 64.7 Å². The lowest BCUT2D eigenvalue weighted by Gasteiger charge is -2.16. The number of halogens is 1. The summed E-state index contributed by atoms with van der Waals surface area (Å²) in [4.78, 5) is 37.5. The second kappa shape index (κ2) is 8.67. The van der Waals surface area contributed by atoms with E-state index in [4.69, 9.17) is 11.6 Å². The smallest absolute Gasteiger partial charge is 0.337 e. The van der Waals surface area contributed by atoms with E-state index in [2.05, 4.69) is 15.3 Å². The van der Waals surface area contributed by atoms with Gasteiger partial charge in [0.05, 0.1) is 24.8 Å². The number of methoxy groups -OCH3 is 1. The average molecular weight is 400 g/mol.